The van der Waals surface area contributed by atoms with Gasteiger partial charge in [-0.05, 0) is 11.8 Å². The number of halogens is 2. The zero-order valence-corrected chi connectivity index (χ0v) is 8.89. The number of hydrazine groups is 2. The molecule has 2 N–H and O–H groups in total. The monoisotopic (exact) mass is 192 g/mol. The molecule has 0 atom stereocenters. The smallest absolute Gasteiger partial charge is 0.272 e. The topological polar surface area (TPSA) is 38.7 Å². The largest absolute Gasteiger partial charge is 1.00 e. The Hall–Kier alpha value is 1.00. The van der Waals surface area contributed by atoms with E-state index in [1.165, 1.54) is 6.20 Å². The van der Waals surface area contributed by atoms with E-state index in [2.05, 4.69) is 5.53 Å². The molecule has 10 heavy (non-hydrogen) atoms. The third kappa shape index (κ3) is 3.41. The fourth-order valence-electron chi connectivity index (χ4n) is 0.482. The van der Waals surface area contributed by atoms with Gasteiger partial charge in [-0.3, -0.25) is 5.21 Å². The van der Waals surface area contributed by atoms with Gasteiger partial charge in [0.2, 0.25) is 0 Å². The number of hydrogen-bond acceptors (Lipinski definition) is 4. The van der Waals surface area contributed by atoms with E-state index < -0.39 is 0 Å². The average molecular weight is 193 g/mol. The molecule has 0 aliphatic carbocycles. The first-order valence-corrected chi connectivity index (χ1v) is 2.94. The molecular weight excluding hydrogens is 188 g/mol. The van der Waals surface area contributed by atoms with Gasteiger partial charge in [0, 0.05) is 0 Å². The van der Waals surface area contributed by atoms with E-state index in [-0.39, 0.29) is 29.6 Å². The van der Waals surface area contributed by atoms with E-state index >= 15 is 0 Å². The van der Waals surface area contributed by atoms with Crippen molar-refractivity contribution in [3.8, 4) is 0 Å². The molecule has 0 aromatic heterocycles. The molecule has 4 nitrogen and oxygen atoms in total. The van der Waals surface area contributed by atoms with Crippen molar-refractivity contribution in [1.82, 2.24) is 15.2 Å². The molecule has 0 bridgehead atoms. The average Bonchev–Trinajstić information content (AvgIpc) is 1.59. The first kappa shape index (κ1) is 11.0. The van der Waals surface area contributed by atoms with E-state index in [9.17, 15) is 0 Å². The van der Waals surface area contributed by atoms with Gasteiger partial charge < -0.3 is 0 Å². The molecule has 7 heteroatoms. The van der Waals surface area contributed by atoms with Gasteiger partial charge in [-0.25, -0.2) is 0 Å². The van der Waals surface area contributed by atoms with Crippen LogP contribution in [0.4, 0.5) is 0 Å². The molecule has 0 aromatic rings. The summed E-state index contributed by atoms with van der Waals surface area (Å²) in [6.07, 6.45) is 1.32. The van der Waals surface area contributed by atoms with Gasteiger partial charge in [-0.2, -0.15) is 5.17 Å². The summed E-state index contributed by atoms with van der Waals surface area (Å²) in [5, 5.41) is 9.83. The second-order valence-corrected chi connectivity index (χ2v) is 2.43. The number of hydroxylamine groups is 1. The van der Waals surface area contributed by atoms with Crippen LogP contribution in [0.2, 0.25) is 0 Å². The molecule has 0 unspecified atom stereocenters. The van der Waals surface area contributed by atoms with Crippen LogP contribution in [-0.2, 0) is 0 Å². The molecule has 0 aromatic carbocycles. The Balaban J connectivity index is 0.000000810. The van der Waals surface area contributed by atoms with Gasteiger partial charge in [0.25, 0.3) is 0 Å². The minimum absolute atomic E-state index is 0. The zero-order valence-electron chi connectivity index (χ0n) is 5.38. The van der Waals surface area contributed by atoms with Crippen molar-refractivity contribution in [2.24, 2.45) is 0 Å². The Morgan fingerprint density at radius 3 is 2.70 bits per heavy atom. The van der Waals surface area contributed by atoms with Crippen LogP contribution in [0.5, 0.6) is 0 Å². The predicted octanol–water partition coefficient (Wildman–Crippen LogP) is -2.35. The SMILES string of the molecule is ON1C=C(Cl)CN(Cl)N1.[Na+]. The van der Waals surface area contributed by atoms with Gasteiger partial charge in [0.05, 0.1) is 17.8 Å². The van der Waals surface area contributed by atoms with Gasteiger partial charge in [0.15, 0.2) is 0 Å². The van der Waals surface area contributed by atoms with E-state index in [4.69, 9.17) is 28.6 Å². The Morgan fingerprint density at radius 2 is 2.30 bits per heavy atom. The molecule has 1 rings (SSSR count). The van der Waals surface area contributed by atoms with Crippen molar-refractivity contribution in [3.63, 3.8) is 0 Å². The van der Waals surface area contributed by atoms with E-state index in [1.54, 1.807) is 0 Å². The summed E-state index contributed by atoms with van der Waals surface area (Å²) in [4.78, 5) is 0. The minimum atomic E-state index is 0. The molecule has 0 saturated heterocycles. The fraction of sp³-hybridized carbons (Fsp3) is 0.333. The number of hydrogen-bond donors (Lipinski definition) is 2. The summed E-state index contributed by atoms with van der Waals surface area (Å²) in [5.74, 6) is 0. The maximum atomic E-state index is 8.69. The Bertz CT molecular complexity index is 144. The molecule has 0 spiro atoms. The first-order chi connectivity index (χ1) is 4.18. The van der Waals surface area contributed by atoms with Crippen molar-refractivity contribution >= 4 is 23.4 Å². The summed E-state index contributed by atoms with van der Waals surface area (Å²) in [6.45, 7) is 0.375. The summed E-state index contributed by atoms with van der Waals surface area (Å²) in [7, 11) is 0. The van der Waals surface area contributed by atoms with Crippen LogP contribution in [0.3, 0.4) is 0 Å². The Morgan fingerprint density at radius 1 is 1.70 bits per heavy atom. The maximum Gasteiger partial charge on any atom is 1.00 e. The van der Waals surface area contributed by atoms with Gasteiger partial charge in [-0.1, -0.05) is 11.6 Å². The molecule has 0 saturated carbocycles. The standard InChI is InChI=1S/C3H5Cl2N3O.Na/c4-3-1-7(5)6-8(9)2-3;/h2,6,9H,1H2;/q;+1. The molecule has 1 heterocycles. The Kier molecular flexibility index (Phi) is 5.27. The van der Waals surface area contributed by atoms with E-state index in [1.807, 2.05) is 0 Å². The normalized spacial score (nSPS) is 19.9. The summed E-state index contributed by atoms with van der Waals surface area (Å²) in [5.41, 5.74) is 2.34. The number of nitrogens with one attached hydrogen (secondary N) is 1. The fourth-order valence-corrected chi connectivity index (χ4v) is 0.961. The molecule has 0 fully saturated rings. The van der Waals surface area contributed by atoms with Crippen LogP contribution in [0, 0.1) is 0 Å². The predicted molar refractivity (Wildman–Crippen MR) is 33.3 cm³/mol. The van der Waals surface area contributed by atoms with E-state index in [0.29, 0.717) is 16.7 Å². The van der Waals surface area contributed by atoms with E-state index in [0.717, 1.165) is 4.53 Å². The second-order valence-electron chi connectivity index (χ2n) is 1.54. The molecule has 0 amide bonds. The molecular formula is C3H5Cl2N3NaO+. The minimum Gasteiger partial charge on any atom is -0.272 e. The zero-order chi connectivity index (χ0) is 6.85. The molecule has 1 aliphatic rings. The van der Waals surface area contributed by atoms with Crippen molar-refractivity contribution < 1.29 is 34.8 Å². The third-order valence-electron chi connectivity index (χ3n) is 0.763. The summed E-state index contributed by atoms with van der Waals surface area (Å²) >= 11 is 10.9. The second kappa shape index (κ2) is 4.79. The summed E-state index contributed by atoms with van der Waals surface area (Å²) < 4.78 is 1.13. The van der Waals surface area contributed by atoms with Crippen molar-refractivity contribution in [2.45, 2.75) is 0 Å². The Labute approximate surface area is 90.7 Å². The molecule has 0 radical (unpaired) electrons. The van der Waals surface area contributed by atoms with Crippen molar-refractivity contribution in [2.75, 3.05) is 6.54 Å². The van der Waals surface area contributed by atoms with Crippen molar-refractivity contribution in [3.05, 3.63) is 11.2 Å². The van der Waals surface area contributed by atoms with Gasteiger partial charge in [-0.15, -0.1) is 10.1 Å². The van der Waals surface area contributed by atoms with Gasteiger partial charge >= 0.3 is 29.6 Å². The third-order valence-corrected chi connectivity index (χ3v) is 1.18. The van der Waals surface area contributed by atoms with Crippen LogP contribution < -0.4 is 35.1 Å². The van der Waals surface area contributed by atoms with Crippen LogP contribution >= 0.6 is 23.4 Å². The van der Waals surface area contributed by atoms with Gasteiger partial charge in [0.1, 0.15) is 0 Å². The van der Waals surface area contributed by atoms with Crippen LogP contribution in [-0.4, -0.2) is 21.5 Å². The van der Waals surface area contributed by atoms with Crippen LogP contribution in [0.25, 0.3) is 0 Å². The summed E-state index contributed by atoms with van der Waals surface area (Å²) in [6, 6.07) is 0. The molecule has 1 aliphatic heterocycles. The quantitative estimate of drug-likeness (QED) is 0.333. The number of rotatable bonds is 0. The van der Waals surface area contributed by atoms with Crippen LogP contribution in [0.1, 0.15) is 0 Å². The maximum absolute atomic E-state index is 8.69. The van der Waals surface area contributed by atoms with Crippen molar-refractivity contribution in [1.29, 1.82) is 0 Å². The first-order valence-electron chi connectivity index (χ1n) is 2.22. The van der Waals surface area contributed by atoms with Crippen LogP contribution in [0.15, 0.2) is 11.2 Å². The number of nitrogens with zero attached hydrogens (tertiary/aromatic N) is 2. The molecule has 52 valence electrons.